The maximum Gasteiger partial charge on any atom is 0.322 e. The van der Waals surface area contributed by atoms with Crippen LogP contribution in [0.25, 0.3) is 0 Å². The van der Waals surface area contributed by atoms with Gasteiger partial charge in [0.05, 0.1) is 0 Å². The monoisotopic (exact) mass is 722 g/mol. The fourth-order valence-electron chi connectivity index (χ4n) is 5.53. The molecule has 1 amide bonds. The second kappa shape index (κ2) is 40.4. The molecule has 0 saturated carbocycles. The van der Waals surface area contributed by atoms with Gasteiger partial charge >= 0.3 is 11.9 Å². The Morgan fingerprint density at radius 1 is 0.519 bits per heavy atom. The standard InChI is InChI=1S/C46H75NO5/c1-3-5-7-9-11-13-15-17-18-19-20-22-24-26-28-33-37-41-46(51)52-43(39-35-31-29-32-36-40-44(48)47-42-45(49)50)38-34-30-27-25-23-21-16-14-12-10-8-6-4-2/h5,7,11,13,16-18,20-22,25-28,43H,3-4,6,8-10,12,14-15,19,23-24,29-42H2,1-2H3,(H,47,48)(H,49,50)/b7-5-,13-11-,18-17-,21-16-,22-20-,27-25-,28-26-. The highest BCUT2D eigenvalue weighted by Gasteiger charge is 2.14. The molecule has 6 nitrogen and oxygen atoms in total. The van der Waals surface area contributed by atoms with Crippen LogP contribution in [0.1, 0.15) is 174 Å². The molecule has 2 N–H and O–H groups in total. The van der Waals surface area contributed by atoms with E-state index in [0.29, 0.717) is 12.8 Å². The van der Waals surface area contributed by atoms with Crippen LogP contribution in [0.4, 0.5) is 0 Å². The van der Waals surface area contributed by atoms with E-state index < -0.39 is 5.97 Å². The van der Waals surface area contributed by atoms with Crippen molar-refractivity contribution in [2.45, 2.75) is 180 Å². The molecule has 0 aromatic rings. The van der Waals surface area contributed by atoms with Gasteiger partial charge in [0.1, 0.15) is 12.6 Å². The number of unbranched alkanes of at least 4 members (excludes halogenated alkanes) is 11. The molecule has 6 heteroatoms. The van der Waals surface area contributed by atoms with Gasteiger partial charge in [-0.1, -0.05) is 144 Å². The van der Waals surface area contributed by atoms with Crippen LogP contribution >= 0.6 is 0 Å². The average molecular weight is 722 g/mol. The van der Waals surface area contributed by atoms with Crippen molar-refractivity contribution in [2.75, 3.05) is 6.54 Å². The number of carbonyl (C=O) groups excluding carboxylic acids is 2. The van der Waals surface area contributed by atoms with Gasteiger partial charge in [0.2, 0.25) is 5.91 Å². The Hall–Kier alpha value is -3.41. The number of nitrogens with one attached hydrogen (secondary N) is 1. The molecular weight excluding hydrogens is 647 g/mol. The molecule has 0 aliphatic carbocycles. The lowest BCUT2D eigenvalue weighted by Crippen LogP contribution is -2.28. The lowest BCUT2D eigenvalue weighted by Gasteiger charge is -2.18. The molecule has 0 fully saturated rings. The van der Waals surface area contributed by atoms with Gasteiger partial charge in [-0.05, 0) is 103 Å². The summed E-state index contributed by atoms with van der Waals surface area (Å²) in [6, 6.07) is 0. The van der Waals surface area contributed by atoms with E-state index >= 15 is 0 Å². The van der Waals surface area contributed by atoms with Gasteiger partial charge in [0.25, 0.3) is 0 Å². The molecular formula is C46H75NO5. The molecule has 0 aromatic heterocycles. The zero-order valence-electron chi connectivity index (χ0n) is 33.1. The predicted octanol–water partition coefficient (Wildman–Crippen LogP) is 12.8. The van der Waals surface area contributed by atoms with E-state index in [1.54, 1.807) is 0 Å². The molecule has 1 unspecified atom stereocenters. The maximum atomic E-state index is 12.7. The fraction of sp³-hybridized carbons (Fsp3) is 0.630. The first-order valence-electron chi connectivity index (χ1n) is 20.7. The van der Waals surface area contributed by atoms with E-state index in [0.717, 1.165) is 109 Å². The van der Waals surface area contributed by atoms with Crippen molar-refractivity contribution in [3.63, 3.8) is 0 Å². The third kappa shape index (κ3) is 39.4. The number of ether oxygens (including phenoxy) is 1. The first-order valence-corrected chi connectivity index (χ1v) is 20.7. The van der Waals surface area contributed by atoms with Crippen LogP contribution in [0.15, 0.2) is 85.1 Å². The highest BCUT2D eigenvalue weighted by Crippen LogP contribution is 2.17. The molecule has 0 radical (unpaired) electrons. The number of allylic oxidation sites excluding steroid dienone is 14. The minimum absolute atomic E-state index is 0.0519. The second-order valence-corrected chi connectivity index (χ2v) is 13.5. The summed E-state index contributed by atoms with van der Waals surface area (Å²) in [5.74, 6) is -1.33. The highest BCUT2D eigenvalue weighted by molar-refractivity contribution is 5.80. The molecule has 1 atom stereocenters. The topological polar surface area (TPSA) is 92.7 Å². The first kappa shape index (κ1) is 48.6. The Kier molecular flexibility index (Phi) is 37.7. The summed E-state index contributed by atoms with van der Waals surface area (Å²) >= 11 is 0. The van der Waals surface area contributed by atoms with Crippen LogP contribution in [0.5, 0.6) is 0 Å². The summed E-state index contributed by atoms with van der Waals surface area (Å²) in [5.41, 5.74) is 0. The van der Waals surface area contributed by atoms with Gasteiger partial charge in [0, 0.05) is 12.8 Å². The molecule has 0 saturated heterocycles. The SMILES string of the molecule is CC/C=C\C/C=C\C/C=C\C/C=C\C/C=C\CCCC(=O)OC(CCC/C=C\C/C=C\CCCCCCC)CCCCCCCC(=O)NCC(=O)O. The van der Waals surface area contributed by atoms with Crippen molar-refractivity contribution in [3.8, 4) is 0 Å². The molecule has 0 bridgehead atoms. The number of aliphatic carboxylic acids is 1. The van der Waals surface area contributed by atoms with Crippen LogP contribution in [0.3, 0.4) is 0 Å². The Labute approximate surface area is 318 Å². The van der Waals surface area contributed by atoms with Crippen LogP contribution in [0, 0.1) is 0 Å². The molecule has 0 aromatic carbocycles. The number of hydrogen-bond donors (Lipinski definition) is 2. The number of carboxylic acid groups (broad SMARTS) is 1. The van der Waals surface area contributed by atoms with E-state index in [9.17, 15) is 14.4 Å². The quantitative estimate of drug-likeness (QED) is 0.0382. The highest BCUT2D eigenvalue weighted by atomic mass is 16.5. The molecule has 0 spiro atoms. The minimum atomic E-state index is -1.03. The van der Waals surface area contributed by atoms with E-state index in [-0.39, 0.29) is 24.5 Å². The Balaban J connectivity index is 4.39. The van der Waals surface area contributed by atoms with Crippen molar-refractivity contribution in [1.29, 1.82) is 0 Å². The van der Waals surface area contributed by atoms with Gasteiger partial charge in [-0.25, -0.2) is 0 Å². The van der Waals surface area contributed by atoms with Crippen LogP contribution in [-0.2, 0) is 19.1 Å². The first-order chi connectivity index (χ1) is 25.5. The summed E-state index contributed by atoms with van der Waals surface area (Å²) in [6.07, 6.45) is 55.6. The van der Waals surface area contributed by atoms with Crippen molar-refractivity contribution in [3.05, 3.63) is 85.1 Å². The predicted molar refractivity (Wildman–Crippen MR) is 221 cm³/mol. The summed E-state index contributed by atoms with van der Waals surface area (Å²) in [6.45, 7) is 4.08. The van der Waals surface area contributed by atoms with Gasteiger partial charge in [-0.2, -0.15) is 0 Å². The van der Waals surface area contributed by atoms with Gasteiger partial charge in [-0.15, -0.1) is 0 Å². The minimum Gasteiger partial charge on any atom is -0.480 e. The van der Waals surface area contributed by atoms with E-state index in [2.05, 4.69) is 104 Å². The van der Waals surface area contributed by atoms with Crippen molar-refractivity contribution >= 4 is 17.8 Å². The summed E-state index contributed by atoms with van der Waals surface area (Å²) in [5, 5.41) is 11.1. The van der Waals surface area contributed by atoms with E-state index in [4.69, 9.17) is 9.84 Å². The molecule has 0 heterocycles. The third-order valence-electron chi connectivity index (χ3n) is 8.55. The summed E-state index contributed by atoms with van der Waals surface area (Å²) in [4.78, 5) is 35.0. The smallest absolute Gasteiger partial charge is 0.322 e. The van der Waals surface area contributed by atoms with E-state index in [1.165, 1.54) is 38.5 Å². The average Bonchev–Trinajstić information content (AvgIpc) is 3.13. The lowest BCUT2D eigenvalue weighted by molar-refractivity contribution is -0.150. The number of esters is 1. The normalized spacial score (nSPS) is 13.0. The maximum absolute atomic E-state index is 12.7. The van der Waals surface area contributed by atoms with Crippen LogP contribution < -0.4 is 5.32 Å². The van der Waals surface area contributed by atoms with Crippen molar-refractivity contribution in [1.82, 2.24) is 5.32 Å². The van der Waals surface area contributed by atoms with Gasteiger partial charge < -0.3 is 15.2 Å². The van der Waals surface area contributed by atoms with Crippen LogP contribution in [-0.4, -0.2) is 35.6 Å². The molecule has 0 aliphatic rings. The Bertz CT molecular complexity index is 1060. The fourth-order valence-corrected chi connectivity index (χ4v) is 5.53. The largest absolute Gasteiger partial charge is 0.480 e. The van der Waals surface area contributed by atoms with Crippen LogP contribution in [0.2, 0.25) is 0 Å². The summed E-state index contributed by atoms with van der Waals surface area (Å²) in [7, 11) is 0. The third-order valence-corrected chi connectivity index (χ3v) is 8.55. The number of hydrogen-bond acceptors (Lipinski definition) is 4. The molecule has 52 heavy (non-hydrogen) atoms. The van der Waals surface area contributed by atoms with Crippen molar-refractivity contribution < 1.29 is 24.2 Å². The van der Waals surface area contributed by atoms with E-state index in [1.807, 2.05) is 0 Å². The number of carbonyl (C=O) groups is 3. The zero-order chi connectivity index (χ0) is 38.0. The number of amides is 1. The molecule has 0 aliphatic heterocycles. The number of rotatable bonds is 36. The molecule has 0 rings (SSSR count). The van der Waals surface area contributed by atoms with Gasteiger partial charge in [-0.3, -0.25) is 14.4 Å². The lowest BCUT2D eigenvalue weighted by atomic mass is 10.0. The second-order valence-electron chi connectivity index (χ2n) is 13.5. The van der Waals surface area contributed by atoms with Crippen molar-refractivity contribution in [2.24, 2.45) is 0 Å². The number of carboxylic acids is 1. The summed E-state index contributed by atoms with van der Waals surface area (Å²) < 4.78 is 5.97. The zero-order valence-corrected chi connectivity index (χ0v) is 33.1. The molecule has 294 valence electrons. The van der Waals surface area contributed by atoms with Gasteiger partial charge in [0.15, 0.2) is 0 Å². The Morgan fingerprint density at radius 2 is 0.981 bits per heavy atom. The Morgan fingerprint density at radius 3 is 1.56 bits per heavy atom.